The van der Waals surface area contributed by atoms with Gasteiger partial charge in [0, 0.05) is 26.8 Å². The van der Waals surface area contributed by atoms with Crippen molar-refractivity contribution in [3.8, 4) is 0 Å². The van der Waals surface area contributed by atoms with Gasteiger partial charge in [0.2, 0.25) is 0 Å². The number of hydrogen-bond acceptors (Lipinski definition) is 0. The zero-order valence-corrected chi connectivity index (χ0v) is 9.14. The first-order valence-corrected chi connectivity index (χ1v) is 4.43. The summed E-state index contributed by atoms with van der Waals surface area (Å²) in [5, 5.41) is 0. The van der Waals surface area contributed by atoms with E-state index >= 15 is 0 Å². The fourth-order valence-electron chi connectivity index (χ4n) is 0.856. The minimum atomic E-state index is 0. The van der Waals surface area contributed by atoms with Gasteiger partial charge in [0.15, 0.2) is 0 Å². The van der Waals surface area contributed by atoms with Crippen molar-refractivity contribution >= 4 is 11.6 Å². The average Bonchev–Trinajstić information content (AvgIpc) is 1.90. The van der Waals surface area contributed by atoms with E-state index in [1.807, 2.05) is 0 Å². The van der Waals surface area contributed by atoms with Crippen LogP contribution in [0.15, 0.2) is 24.3 Å². The molecule has 0 saturated heterocycles. The summed E-state index contributed by atoms with van der Waals surface area (Å²) in [6, 6.07) is 0. The Morgan fingerprint density at radius 3 is 1.09 bits per heavy atom. The third-order valence-electron chi connectivity index (χ3n) is 1.33. The molecule has 0 radical (unpaired) electrons. The molecule has 1 aliphatic carbocycles. The van der Waals surface area contributed by atoms with Gasteiger partial charge in [0.25, 0.3) is 0 Å². The van der Waals surface area contributed by atoms with Gasteiger partial charge in [0.05, 0.1) is 0 Å². The van der Waals surface area contributed by atoms with Gasteiger partial charge < -0.3 is 0 Å². The number of halogens is 1. The van der Waals surface area contributed by atoms with Crippen LogP contribution in [-0.2, 0) is 20.4 Å². The van der Waals surface area contributed by atoms with Crippen LogP contribution in [0.25, 0.3) is 0 Å². The van der Waals surface area contributed by atoms with Crippen molar-refractivity contribution < 1.29 is 20.4 Å². The molecule has 0 N–H and O–H groups in total. The molecule has 0 aromatic carbocycles. The summed E-state index contributed by atoms with van der Waals surface area (Å²) in [4.78, 5) is 0. The molecule has 11 heavy (non-hydrogen) atoms. The van der Waals surface area contributed by atoms with Gasteiger partial charge in [-0.25, -0.2) is 0 Å². The van der Waals surface area contributed by atoms with Crippen LogP contribution in [0.3, 0.4) is 0 Å². The molecule has 0 aromatic heterocycles. The first-order valence-electron chi connectivity index (χ1n) is 3.68. The van der Waals surface area contributed by atoms with E-state index < -0.39 is 0 Å². The summed E-state index contributed by atoms with van der Waals surface area (Å²) in [6.07, 6.45) is 15.5. The Balaban J connectivity index is 0. The molecule has 68 valence electrons. The fourth-order valence-corrected chi connectivity index (χ4v) is 0.856. The Kier molecular flexibility index (Phi) is 16.6. The molecular weight excluding hydrogens is 250 g/mol. The summed E-state index contributed by atoms with van der Waals surface area (Å²) in [7, 11) is 0. The van der Waals surface area contributed by atoms with E-state index in [-0.39, 0.29) is 20.4 Å². The van der Waals surface area contributed by atoms with Crippen LogP contribution in [-0.4, -0.2) is 6.38 Å². The molecule has 0 fully saturated rings. The Morgan fingerprint density at radius 2 is 0.909 bits per heavy atom. The summed E-state index contributed by atoms with van der Waals surface area (Å²) < 4.78 is 0. The summed E-state index contributed by atoms with van der Waals surface area (Å²) in [5.41, 5.74) is 0. The van der Waals surface area contributed by atoms with Gasteiger partial charge in [-0.15, -0.1) is 11.6 Å². The molecule has 1 rings (SSSR count). The van der Waals surface area contributed by atoms with Gasteiger partial charge in [0.1, 0.15) is 0 Å². The van der Waals surface area contributed by atoms with Crippen molar-refractivity contribution in [2.45, 2.75) is 25.7 Å². The molecule has 0 bridgehead atoms. The Bertz CT molecular complexity index is 82.1. The number of hydrogen-bond donors (Lipinski definition) is 0. The fraction of sp³-hybridized carbons (Fsp3) is 0.556. The van der Waals surface area contributed by atoms with Crippen LogP contribution >= 0.6 is 11.6 Å². The molecule has 0 unspecified atom stereocenters. The normalized spacial score (nSPS) is 18.0. The maximum Gasteiger partial charge on any atom is 0.0108 e. The van der Waals surface area contributed by atoms with Gasteiger partial charge in [-0.1, -0.05) is 24.3 Å². The maximum absolute atomic E-state index is 4.64. The molecule has 0 nitrogen and oxygen atoms in total. The zero-order chi connectivity index (χ0) is 7.66. The van der Waals surface area contributed by atoms with E-state index in [0.29, 0.717) is 0 Å². The molecule has 0 aliphatic heterocycles. The SMILES string of the molecule is C1=CCC/C=C\CC1.CCl.[Pd]. The Hall–Kier alpha value is 0.432. The van der Waals surface area contributed by atoms with E-state index in [2.05, 4.69) is 35.9 Å². The second kappa shape index (κ2) is 13.1. The van der Waals surface area contributed by atoms with Crippen LogP contribution in [0.2, 0.25) is 0 Å². The first-order chi connectivity index (χ1) is 5.00. The van der Waals surface area contributed by atoms with Gasteiger partial charge >= 0.3 is 0 Å². The van der Waals surface area contributed by atoms with Crippen LogP contribution in [0.1, 0.15) is 25.7 Å². The smallest absolute Gasteiger partial charge is 0.0108 e. The van der Waals surface area contributed by atoms with Crippen molar-refractivity contribution in [3.05, 3.63) is 24.3 Å². The second-order valence-corrected chi connectivity index (χ2v) is 2.10. The van der Waals surface area contributed by atoms with Crippen LogP contribution in [0.4, 0.5) is 0 Å². The number of rotatable bonds is 0. The predicted octanol–water partition coefficient (Wildman–Crippen LogP) is 3.53. The first kappa shape index (κ1) is 14.0. The minimum absolute atomic E-state index is 0. The molecule has 0 spiro atoms. The number of allylic oxidation sites excluding steroid dienone is 4. The molecular formula is C9H15ClPd. The maximum atomic E-state index is 4.64. The quantitative estimate of drug-likeness (QED) is 0.357. The molecule has 0 atom stereocenters. The van der Waals surface area contributed by atoms with Crippen molar-refractivity contribution in [3.63, 3.8) is 0 Å². The van der Waals surface area contributed by atoms with Crippen LogP contribution in [0.5, 0.6) is 0 Å². The number of alkyl halides is 1. The molecule has 0 amide bonds. The minimum Gasteiger partial charge on any atom is -0.130 e. The van der Waals surface area contributed by atoms with Crippen LogP contribution < -0.4 is 0 Å². The van der Waals surface area contributed by atoms with E-state index in [1.54, 1.807) is 0 Å². The third kappa shape index (κ3) is 10.4. The van der Waals surface area contributed by atoms with Crippen molar-refractivity contribution in [2.24, 2.45) is 0 Å². The molecule has 2 heteroatoms. The van der Waals surface area contributed by atoms with E-state index in [1.165, 1.54) is 32.1 Å². The monoisotopic (exact) mass is 264 g/mol. The Morgan fingerprint density at radius 1 is 0.727 bits per heavy atom. The molecule has 1 aliphatic rings. The van der Waals surface area contributed by atoms with Crippen molar-refractivity contribution in [2.75, 3.05) is 6.38 Å². The molecule has 0 saturated carbocycles. The van der Waals surface area contributed by atoms with Crippen molar-refractivity contribution in [1.29, 1.82) is 0 Å². The third-order valence-corrected chi connectivity index (χ3v) is 1.33. The van der Waals surface area contributed by atoms with Crippen molar-refractivity contribution in [1.82, 2.24) is 0 Å². The van der Waals surface area contributed by atoms with Gasteiger partial charge in [-0.05, 0) is 25.7 Å². The van der Waals surface area contributed by atoms with Crippen LogP contribution in [0, 0.1) is 0 Å². The van der Waals surface area contributed by atoms with E-state index in [9.17, 15) is 0 Å². The zero-order valence-electron chi connectivity index (χ0n) is 6.83. The molecule has 0 aromatic rings. The average molecular weight is 265 g/mol. The Labute approximate surface area is 88.4 Å². The second-order valence-electron chi connectivity index (χ2n) is 2.10. The topological polar surface area (TPSA) is 0 Å². The summed E-state index contributed by atoms with van der Waals surface area (Å²) >= 11 is 4.64. The predicted molar refractivity (Wildman–Crippen MR) is 48.5 cm³/mol. The molecule has 0 heterocycles. The van der Waals surface area contributed by atoms with Gasteiger partial charge in [-0.2, -0.15) is 0 Å². The largest absolute Gasteiger partial charge is 0.130 e. The van der Waals surface area contributed by atoms with E-state index in [4.69, 9.17) is 0 Å². The summed E-state index contributed by atoms with van der Waals surface area (Å²) in [6.45, 7) is 0. The standard InChI is InChI=1S/C8H12.CH3Cl.Pd/c1-2-4-6-8-7-5-3-1;1-2;/h1-2,7-8H,3-6H2;1H3;/b2-1-,8-7?;;. The summed E-state index contributed by atoms with van der Waals surface area (Å²) in [5.74, 6) is 0. The van der Waals surface area contributed by atoms with Gasteiger partial charge in [-0.3, -0.25) is 0 Å². The van der Waals surface area contributed by atoms with E-state index in [0.717, 1.165) is 0 Å².